The highest BCUT2D eigenvalue weighted by Gasteiger charge is 2.05. The average Bonchev–Trinajstić information content (AvgIpc) is 2.74. The molecule has 3 rings (SSSR count). The summed E-state index contributed by atoms with van der Waals surface area (Å²) >= 11 is 5.72. The molecule has 29 heavy (non-hydrogen) atoms. The molecule has 0 aliphatic rings. The number of rotatable bonds is 9. The van der Waals surface area contributed by atoms with Gasteiger partial charge in [-0.15, -0.1) is 0 Å². The highest BCUT2D eigenvalue weighted by molar-refractivity contribution is 6.31. The number of nitrogens with one attached hydrogen (secondary N) is 2. The molecule has 0 heterocycles. The largest absolute Gasteiger partial charge is 0.494 e. The molecular weight excluding hydrogens is 391 g/mol. The molecule has 0 atom stereocenters. The fourth-order valence-corrected chi connectivity index (χ4v) is 2.92. The summed E-state index contributed by atoms with van der Waals surface area (Å²) in [6, 6.07) is 21.7. The maximum Gasteiger partial charge on any atom is 0.243 e. The van der Waals surface area contributed by atoms with Crippen molar-refractivity contribution in [2.24, 2.45) is 0 Å². The van der Waals surface area contributed by atoms with Gasteiger partial charge in [0.25, 0.3) is 0 Å². The van der Waals surface area contributed by atoms with Crippen LogP contribution < -0.4 is 15.4 Å². The van der Waals surface area contributed by atoms with Gasteiger partial charge in [0.15, 0.2) is 0 Å². The van der Waals surface area contributed by atoms with E-state index in [9.17, 15) is 9.18 Å². The molecule has 3 aromatic carbocycles. The van der Waals surface area contributed by atoms with Gasteiger partial charge in [-0.1, -0.05) is 41.9 Å². The molecule has 150 valence electrons. The van der Waals surface area contributed by atoms with Crippen molar-refractivity contribution in [3.05, 3.63) is 89.2 Å². The van der Waals surface area contributed by atoms with Crippen molar-refractivity contribution in [1.82, 2.24) is 0 Å². The van der Waals surface area contributed by atoms with Crippen molar-refractivity contribution in [3.63, 3.8) is 0 Å². The molecule has 0 saturated carbocycles. The van der Waals surface area contributed by atoms with Crippen LogP contribution in [-0.4, -0.2) is 19.1 Å². The van der Waals surface area contributed by atoms with Crippen LogP contribution in [0, 0.1) is 5.82 Å². The normalized spacial score (nSPS) is 10.4. The SMILES string of the molecule is O=C(CNc1ccc(F)c(Cl)c1)Nc1ccc(OCCCc2ccccc2)cc1. The van der Waals surface area contributed by atoms with Crippen molar-refractivity contribution in [1.29, 1.82) is 0 Å². The van der Waals surface area contributed by atoms with Crippen LogP contribution in [-0.2, 0) is 11.2 Å². The van der Waals surface area contributed by atoms with Gasteiger partial charge in [0.2, 0.25) is 5.91 Å². The van der Waals surface area contributed by atoms with E-state index >= 15 is 0 Å². The highest BCUT2D eigenvalue weighted by Crippen LogP contribution is 2.19. The number of ether oxygens (including phenoxy) is 1. The predicted molar refractivity (Wildman–Crippen MR) is 115 cm³/mol. The van der Waals surface area contributed by atoms with E-state index in [0.29, 0.717) is 18.0 Å². The zero-order valence-corrected chi connectivity index (χ0v) is 16.6. The molecule has 2 N–H and O–H groups in total. The molecule has 0 aliphatic heterocycles. The molecule has 0 radical (unpaired) electrons. The Morgan fingerprint density at radius 2 is 1.69 bits per heavy atom. The van der Waals surface area contributed by atoms with Crippen LogP contribution in [0.1, 0.15) is 12.0 Å². The molecule has 0 aromatic heterocycles. The second-order valence-corrected chi connectivity index (χ2v) is 6.90. The summed E-state index contributed by atoms with van der Waals surface area (Å²) in [5, 5.41) is 5.70. The number of benzene rings is 3. The van der Waals surface area contributed by atoms with Crippen molar-refractivity contribution in [2.75, 3.05) is 23.8 Å². The molecule has 0 spiro atoms. The molecule has 4 nitrogen and oxygen atoms in total. The first-order valence-corrected chi connectivity index (χ1v) is 9.73. The van der Waals surface area contributed by atoms with Crippen molar-refractivity contribution in [3.8, 4) is 5.75 Å². The molecule has 0 saturated heterocycles. The van der Waals surface area contributed by atoms with Crippen LogP contribution in [0.2, 0.25) is 5.02 Å². The second-order valence-electron chi connectivity index (χ2n) is 6.49. The van der Waals surface area contributed by atoms with Gasteiger partial charge in [-0.25, -0.2) is 4.39 Å². The van der Waals surface area contributed by atoms with E-state index in [1.165, 1.54) is 23.8 Å². The summed E-state index contributed by atoms with van der Waals surface area (Å²) in [6.07, 6.45) is 1.91. The van der Waals surface area contributed by atoms with E-state index < -0.39 is 5.82 Å². The zero-order valence-electron chi connectivity index (χ0n) is 15.8. The van der Waals surface area contributed by atoms with E-state index in [1.54, 1.807) is 12.1 Å². The van der Waals surface area contributed by atoms with Crippen LogP contribution in [0.4, 0.5) is 15.8 Å². The van der Waals surface area contributed by atoms with E-state index in [1.807, 2.05) is 30.3 Å². The summed E-state index contributed by atoms with van der Waals surface area (Å²) < 4.78 is 18.9. The van der Waals surface area contributed by atoms with E-state index in [0.717, 1.165) is 18.6 Å². The Hall–Kier alpha value is -3.05. The summed E-state index contributed by atoms with van der Waals surface area (Å²) in [7, 11) is 0. The molecule has 0 unspecified atom stereocenters. The Labute approximate surface area is 174 Å². The molecule has 0 fully saturated rings. The number of aryl methyl sites for hydroxylation is 1. The zero-order chi connectivity index (χ0) is 20.5. The Balaban J connectivity index is 1.39. The molecule has 1 amide bonds. The molecule has 6 heteroatoms. The van der Waals surface area contributed by atoms with Crippen molar-refractivity contribution >= 4 is 28.9 Å². The lowest BCUT2D eigenvalue weighted by Gasteiger charge is -2.10. The van der Waals surface area contributed by atoms with Gasteiger partial charge in [-0.3, -0.25) is 4.79 Å². The first-order valence-electron chi connectivity index (χ1n) is 9.36. The van der Waals surface area contributed by atoms with Crippen LogP contribution >= 0.6 is 11.6 Å². The molecule has 0 aliphatic carbocycles. The molecular formula is C23H22ClFN2O2. The Morgan fingerprint density at radius 1 is 0.966 bits per heavy atom. The summed E-state index contributed by atoms with van der Waals surface area (Å²) in [5.74, 6) is 0.0427. The van der Waals surface area contributed by atoms with Crippen LogP contribution in [0.3, 0.4) is 0 Å². The standard InChI is InChI=1S/C23H22ClFN2O2/c24-21-15-19(10-13-22(21)25)26-16-23(28)27-18-8-11-20(12-9-18)29-14-4-7-17-5-2-1-3-6-17/h1-3,5-6,8-13,15,26H,4,7,14,16H2,(H,27,28). The van der Waals surface area contributed by atoms with Gasteiger partial charge in [0.1, 0.15) is 11.6 Å². The minimum Gasteiger partial charge on any atom is -0.494 e. The van der Waals surface area contributed by atoms with Gasteiger partial charge in [-0.05, 0) is 60.9 Å². The van der Waals surface area contributed by atoms with Crippen molar-refractivity contribution < 1.29 is 13.9 Å². The summed E-state index contributed by atoms with van der Waals surface area (Å²) in [6.45, 7) is 0.671. The third-order valence-corrected chi connectivity index (χ3v) is 4.52. The lowest BCUT2D eigenvalue weighted by atomic mass is 10.1. The lowest BCUT2D eigenvalue weighted by molar-refractivity contribution is -0.114. The van der Waals surface area contributed by atoms with Crippen LogP contribution in [0.15, 0.2) is 72.8 Å². The summed E-state index contributed by atoms with van der Waals surface area (Å²) in [4.78, 5) is 12.1. The fraction of sp³-hybridized carbons (Fsp3) is 0.174. The lowest BCUT2D eigenvalue weighted by Crippen LogP contribution is -2.21. The van der Waals surface area contributed by atoms with E-state index in [2.05, 4.69) is 22.8 Å². The number of anilines is 2. The van der Waals surface area contributed by atoms with Crippen LogP contribution in [0.25, 0.3) is 0 Å². The first kappa shape index (κ1) is 20.7. The van der Waals surface area contributed by atoms with Crippen molar-refractivity contribution in [2.45, 2.75) is 12.8 Å². The highest BCUT2D eigenvalue weighted by atomic mass is 35.5. The van der Waals surface area contributed by atoms with Gasteiger partial charge in [-0.2, -0.15) is 0 Å². The second kappa shape index (κ2) is 10.5. The number of hydrogen-bond acceptors (Lipinski definition) is 3. The maximum atomic E-state index is 13.1. The van der Waals surface area contributed by atoms with Gasteiger partial charge in [0.05, 0.1) is 18.2 Å². The quantitative estimate of drug-likeness (QED) is 0.453. The number of carbonyl (C=O) groups excluding carboxylic acids is 1. The minimum absolute atomic E-state index is 0.00904. The third-order valence-electron chi connectivity index (χ3n) is 4.23. The molecule has 0 bridgehead atoms. The van der Waals surface area contributed by atoms with Gasteiger partial charge < -0.3 is 15.4 Å². The van der Waals surface area contributed by atoms with E-state index in [4.69, 9.17) is 16.3 Å². The number of carbonyl (C=O) groups is 1. The number of amides is 1. The Kier molecular flexibility index (Phi) is 7.47. The Morgan fingerprint density at radius 3 is 2.41 bits per heavy atom. The topological polar surface area (TPSA) is 50.4 Å². The smallest absolute Gasteiger partial charge is 0.243 e. The number of hydrogen-bond donors (Lipinski definition) is 2. The van der Waals surface area contributed by atoms with E-state index in [-0.39, 0.29) is 17.5 Å². The fourth-order valence-electron chi connectivity index (χ4n) is 2.74. The average molecular weight is 413 g/mol. The first-order chi connectivity index (χ1) is 14.1. The Bertz CT molecular complexity index is 933. The van der Waals surface area contributed by atoms with Gasteiger partial charge >= 0.3 is 0 Å². The minimum atomic E-state index is -0.496. The maximum absolute atomic E-state index is 13.1. The molecule has 3 aromatic rings. The monoisotopic (exact) mass is 412 g/mol. The predicted octanol–water partition coefficient (Wildman–Crippen LogP) is 5.54. The van der Waals surface area contributed by atoms with Gasteiger partial charge in [0, 0.05) is 11.4 Å². The third kappa shape index (κ3) is 6.80. The van der Waals surface area contributed by atoms with Crippen LogP contribution in [0.5, 0.6) is 5.75 Å². The number of halogens is 2. The summed E-state index contributed by atoms with van der Waals surface area (Å²) in [5.41, 5.74) is 2.54.